The summed E-state index contributed by atoms with van der Waals surface area (Å²) < 4.78 is 2.39. The van der Waals surface area contributed by atoms with Crippen LogP contribution in [0.25, 0.3) is 82.8 Å². The average molecular weight is 805 g/mol. The lowest BCUT2D eigenvalue weighted by Crippen LogP contribution is -2.16. The van der Waals surface area contributed by atoms with Crippen LogP contribution < -0.4 is 4.90 Å². The topological polar surface area (TPSA) is 8.17 Å². The summed E-state index contributed by atoms with van der Waals surface area (Å²) in [6.45, 7) is 4.74. The highest BCUT2D eigenvalue weighted by molar-refractivity contribution is 6.12. The third-order valence-electron chi connectivity index (χ3n) is 13.4. The van der Waals surface area contributed by atoms with Crippen LogP contribution in [-0.2, 0) is 5.41 Å². The van der Waals surface area contributed by atoms with Crippen molar-refractivity contribution in [3.8, 4) is 50.2 Å². The highest BCUT2D eigenvalue weighted by atomic mass is 15.2. The van der Waals surface area contributed by atoms with Crippen molar-refractivity contribution in [2.75, 3.05) is 4.90 Å². The van der Waals surface area contributed by atoms with E-state index >= 15 is 0 Å². The zero-order valence-electron chi connectivity index (χ0n) is 35.3. The van der Waals surface area contributed by atoms with E-state index in [0.29, 0.717) is 0 Å². The fourth-order valence-corrected chi connectivity index (χ4v) is 10.5. The van der Waals surface area contributed by atoms with E-state index in [1.807, 2.05) is 0 Å². The zero-order valence-corrected chi connectivity index (χ0v) is 35.3. The first-order valence-electron chi connectivity index (χ1n) is 21.9. The normalized spacial score (nSPS) is 12.7. The maximum absolute atomic E-state index is 2.56. The Kier molecular flexibility index (Phi) is 8.55. The molecule has 1 aromatic heterocycles. The van der Waals surface area contributed by atoms with Crippen LogP contribution in [-0.4, -0.2) is 4.57 Å². The summed E-state index contributed by atoms with van der Waals surface area (Å²) in [6, 6.07) is 84.8. The fourth-order valence-electron chi connectivity index (χ4n) is 10.5. The van der Waals surface area contributed by atoms with E-state index < -0.39 is 0 Å². The van der Waals surface area contributed by atoms with E-state index in [-0.39, 0.29) is 5.41 Å². The fraction of sp³-hybridized carbons (Fsp3) is 0.0492. The van der Waals surface area contributed by atoms with Gasteiger partial charge in [0.05, 0.1) is 28.1 Å². The molecule has 1 heterocycles. The van der Waals surface area contributed by atoms with Gasteiger partial charge in [0.1, 0.15) is 0 Å². The number of rotatable bonds is 7. The number of nitrogens with zero attached hydrogens (tertiary/aromatic N) is 2. The second-order valence-electron chi connectivity index (χ2n) is 17.2. The standard InChI is InChI=1S/C61H44N2/c1-61(2)52-32-13-9-29-50(52)60-53(61)33-19-37-58(60)63(56-36-16-11-27-47(56)49-31-18-23-42-22-17-30-46(59(42)49)41-20-5-3-6-21-41)54-34-14-10-26-45(54)43-38-39-57-51(40-43)48-28-12-15-35-55(48)62(57)44-24-7-4-8-25-44/h3-40H,1-2H3. The first-order valence-corrected chi connectivity index (χ1v) is 21.9. The van der Waals surface area contributed by atoms with Gasteiger partial charge in [-0.3, -0.25) is 0 Å². The number of aromatic nitrogens is 1. The minimum atomic E-state index is -0.162. The highest BCUT2D eigenvalue weighted by Crippen LogP contribution is 2.56. The minimum absolute atomic E-state index is 0.162. The van der Waals surface area contributed by atoms with Crippen LogP contribution in [0.15, 0.2) is 231 Å². The van der Waals surface area contributed by atoms with Gasteiger partial charge in [-0.25, -0.2) is 0 Å². The second kappa shape index (κ2) is 14.6. The number of para-hydroxylation sites is 4. The summed E-state index contributed by atoms with van der Waals surface area (Å²) in [7, 11) is 0. The molecule has 0 radical (unpaired) electrons. The monoisotopic (exact) mass is 804 g/mol. The first-order chi connectivity index (χ1) is 31.1. The molecular weight excluding hydrogens is 761 g/mol. The van der Waals surface area contributed by atoms with Gasteiger partial charge in [-0.2, -0.15) is 0 Å². The van der Waals surface area contributed by atoms with Crippen molar-refractivity contribution in [2.45, 2.75) is 19.3 Å². The Hall–Kier alpha value is -7.94. The molecule has 0 N–H and O–H groups in total. The number of hydrogen-bond acceptors (Lipinski definition) is 1. The largest absolute Gasteiger partial charge is 0.309 e. The van der Waals surface area contributed by atoms with Crippen LogP contribution >= 0.6 is 0 Å². The second-order valence-corrected chi connectivity index (χ2v) is 17.2. The summed E-state index contributed by atoms with van der Waals surface area (Å²) in [5.41, 5.74) is 19.2. The Balaban J connectivity index is 1.14. The van der Waals surface area contributed by atoms with Crippen molar-refractivity contribution >= 4 is 49.6 Å². The van der Waals surface area contributed by atoms with E-state index in [1.165, 1.54) is 82.6 Å². The van der Waals surface area contributed by atoms with Crippen LogP contribution in [0.1, 0.15) is 25.0 Å². The average Bonchev–Trinajstić information content (AvgIpc) is 3.80. The molecule has 2 nitrogen and oxygen atoms in total. The molecule has 0 fully saturated rings. The third kappa shape index (κ3) is 5.79. The number of anilines is 3. The van der Waals surface area contributed by atoms with E-state index in [1.54, 1.807) is 0 Å². The van der Waals surface area contributed by atoms with E-state index in [2.05, 4.69) is 254 Å². The summed E-state index contributed by atoms with van der Waals surface area (Å²) >= 11 is 0. The minimum Gasteiger partial charge on any atom is -0.309 e. The molecule has 0 spiro atoms. The maximum Gasteiger partial charge on any atom is 0.0543 e. The maximum atomic E-state index is 2.56. The lowest BCUT2D eigenvalue weighted by Gasteiger charge is -2.32. The molecule has 1 aliphatic rings. The molecule has 0 unspecified atom stereocenters. The Morgan fingerprint density at radius 2 is 0.921 bits per heavy atom. The Morgan fingerprint density at radius 1 is 0.365 bits per heavy atom. The molecule has 0 aliphatic heterocycles. The predicted molar refractivity (Wildman–Crippen MR) is 267 cm³/mol. The highest BCUT2D eigenvalue weighted by Gasteiger charge is 2.38. The van der Waals surface area contributed by atoms with Crippen molar-refractivity contribution in [3.05, 3.63) is 242 Å². The van der Waals surface area contributed by atoms with Crippen molar-refractivity contribution in [2.24, 2.45) is 0 Å². The molecule has 0 amide bonds. The van der Waals surface area contributed by atoms with Crippen molar-refractivity contribution < 1.29 is 0 Å². The molecule has 2 heteroatoms. The molecule has 10 aromatic carbocycles. The van der Waals surface area contributed by atoms with Crippen LogP contribution in [0.4, 0.5) is 17.1 Å². The predicted octanol–water partition coefficient (Wildman–Crippen LogP) is 16.7. The van der Waals surface area contributed by atoms with Crippen molar-refractivity contribution in [1.29, 1.82) is 0 Å². The summed E-state index contributed by atoms with van der Waals surface area (Å²) in [5, 5.41) is 4.93. The van der Waals surface area contributed by atoms with Crippen molar-refractivity contribution in [1.82, 2.24) is 4.57 Å². The van der Waals surface area contributed by atoms with Crippen LogP contribution in [0.3, 0.4) is 0 Å². The van der Waals surface area contributed by atoms with Gasteiger partial charge >= 0.3 is 0 Å². The molecule has 12 rings (SSSR count). The SMILES string of the molecule is CC1(C)c2ccccc2-c2c(N(c3ccccc3-c3ccc4c(c3)c3ccccc3n4-c3ccccc3)c3ccccc3-c3cccc4cccc(-c5ccccc5)c34)cccc21. The van der Waals surface area contributed by atoms with E-state index in [9.17, 15) is 0 Å². The number of fused-ring (bicyclic) bond motifs is 7. The molecule has 0 atom stereocenters. The Labute approximate surface area is 368 Å². The molecule has 11 aromatic rings. The zero-order chi connectivity index (χ0) is 42.1. The van der Waals surface area contributed by atoms with Crippen LogP contribution in [0.2, 0.25) is 0 Å². The Morgan fingerprint density at radius 3 is 1.71 bits per heavy atom. The van der Waals surface area contributed by atoms with Crippen molar-refractivity contribution in [3.63, 3.8) is 0 Å². The molecule has 63 heavy (non-hydrogen) atoms. The number of hydrogen-bond donors (Lipinski definition) is 0. The van der Waals surface area contributed by atoms with Gasteiger partial charge in [0.25, 0.3) is 0 Å². The molecule has 1 aliphatic carbocycles. The van der Waals surface area contributed by atoms with E-state index in [0.717, 1.165) is 28.3 Å². The van der Waals surface area contributed by atoms with Crippen LogP contribution in [0.5, 0.6) is 0 Å². The van der Waals surface area contributed by atoms with E-state index in [4.69, 9.17) is 0 Å². The van der Waals surface area contributed by atoms with Gasteiger partial charge in [-0.15, -0.1) is 0 Å². The number of benzene rings is 10. The van der Waals surface area contributed by atoms with Crippen LogP contribution in [0, 0.1) is 0 Å². The summed E-state index contributed by atoms with van der Waals surface area (Å²) in [6.07, 6.45) is 0. The molecule has 0 saturated heterocycles. The quantitative estimate of drug-likeness (QED) is 0.156. The third-order valence-corrected chi connectivity index (χ3v) is 13.4. The first kappa shape index (κ1) is 36.9. The molecule has 0 bridgehead atoms. The lowest BCUT2D eigenvalue weighted by molar-refractivity contribution is 0.660. The molecule has 0 saturated carbocycles. The lowest BCUT2D eigenvalue weighted by atomic mass is 9.82. The smallest absolute Gasteiger partial charge is 0.0543 e. The van der Waals surface area contributed by atoms with Gasteiger partial charge in [0.15, 0.2) is 0 Å². The van der Waals surface area contributed by atoms with Gasteiger partial charge in [-0.1, -0.05) is 196 Å². The van der Waals surface area contributed by atoms with Gasteiger partial charge in [-0.05, 0) is 98.2 Å². The summed E-state index contributed by atoms with van der Waals surface area (Å²) in [4.78, 5) is 2.56. The molecular formula is C61H44N2. The Bertz CT molecular complexity index is 3530. The van der Waals surface area contributed by atoms with Gasteiger partial charge < -0.3 is 9.47 Å². The summed E-state index contributed by atoms with van der Waals surface area (Å²) in [5.74, 6) is 0. The molecule has 298 valence electrons. The van der Waals surface area contributed by atoms with Gasteiger partial charge in [0.2, 0.25) is 0 Å². The van der Waals surface area contributed by atoms with Gasteiger partial charge in [0, 0.05) is 38.6 Å².